The molecule has 2 N–H and O–H groups in total. The van der Waals surface area contributed by atoms with Crippen molar-refractivity contribution in [2.24, 2.45) is 0 Å². The lowest BCUT2D eigenvalue weighted by molar-refractivity contribution is -0.125. The first-order valence-electron chi connectivity index (χ1n) is 11.5. The average molecular weight is 508 g/mol. The summed E-state index contributed by atoms with van der Waals surface area (Å²) in [5.74, 6) is 2.21. The first kappa shape index (κ1) is 23.8. The lowest BCUT2D eigenvalue weighted by Crippen LogP contribution is -2.30. The normalized spacial score (nSPS) is 15.9. The number of halogens is 1. The number of amides is 1. The second-order valence-corrected chi connectivity index (χ2v) is 9.17. The molecule has 10 nitrogen and oxygen atoms in total. The molecule has 1 aliphatic heterocycles. The number of H-pyrrole nitrogens is 1. The number of carbonyl (C=O) groups is 1. The minimum Gasteiger partial charge on any atom is -0.456 e. The van der Waals surface area contributed by atoms with Crippen molar-refractivity contribution in [2.45, 2.75) is 12.5 Å². The number of oxazole rings is 1. The summed E-state index contributed by atoms with van der Waals surface area (Å²) in [5.41, 5.74) is 1.27. The summed E-state index contributed by atoms with van der Waals surface area (Å²) < 4.78 is 11.5. The number of likely N-dealkylation sites (tertiary alicyclic amines) is 1. The number of anilines is 1. The number of nitrogens with zero attached hydrogens (tertiary/aromatic N) is 5. The summed E-state index contributed by atoms with van der Waals surface area (Å²) in [6.45, 7) is 2.00. The van der Waals surface area contributed by atoms with E-state index in [-0.39, 0.29) is 11.9 Å². The highest BCUT2D eigenvalue weighted by Crippen LogP contribution is 2.36. The molecule has 1 saturated heterocycles. The van der Waals surface area contributed by atoms with Crippen molar-refractivity contribution in [3.05, 3.63) is 60.1 Å². The Balaban J connectivity index is 1.31. The van der Waals surface area contributed by atoms with Crippen LogP contribution in [-0.4, -0.2) is 75.6 Å². The van der Waals surface area contributed by atoms with Crippen molar-refractivity contribution < 1.29 is 13.9 Å². The molecule has 0 aliphatic carbocycles. The zero-order valence-electron chi connectivity index (χ0n) is 19.9. The Bertz CT molecular complexity index is 1380. The lowest BCUT2D eigenvalue weighted by atomic mass is 10.2. The van der Waals surface area contributed by atoms with Gasteiger partial charge in [0.2, 0.25) is 11.8 Å². The van der Waals surface area contributed by atoms with Crippen molar-refractivity contribution in [1.82, 2.24) is 30.0 Å². The summed E-state index contributed by atoms with van der Waals surface area (Å²) >= 11 is 6.45. The monoisotopic (exact) mass is 507 g/mol. The standard InChI is InChI=1S/C25H26ClN7O3/c1-32(2)11-3-4-21(34)33-12-8-16(15-33)29-24-22-20(7-9-27-23(22)30-31-24)36-17-5-6-18(19(26)14-17)25-28-10-13-35-25/h3-7,9-10,13-14,16H,8,11-12,15H2,1-2H3,(H2,27,29,30,31). The SMILES string of the molecule is CN(C)CC=CC(=O)N1CCC(Nc2n[nH]c3nccc(Oc4ccc(-c5ncco5)c(Cl)c4)c23)C1. The van der Waals surface area contributed by atoms with Gasteiger partial charge in [-0.2, -0.15) is 5.10 Å². The van der Waals surface area contributed by atoms with Crippen molar-refractivity contribution in [1.29, 1.82) is 0 Å². The van der Waals surface area contributed by atoms with Crippen LogP contribution in [0.3, 0.4) is 0 Å². The fraction of sp³-hybridized carbons (Fsp3) is 0.280. The van der Waals surface area contributed by atoms with Crippen molar-refractivity contribution in [3.8, 4) is 23.0 Å². The highest BCUT2D eigenvalue weighted by molar-refractivity contribution is 6.33. The van der Waals surface area contributed by atoms with Gasteiger partial charge >= 0.3 is 0 Å². The molecule has 0 saturated carbocycles. The maximum Gasteiger partial charge on any atom is 0.246 e. The maximum absolute atomic E-state index is 12.5. The van der Waals surface area contributed by atoms with Crippen LogP contribution in [0.5, 0.6) is 11.5 Å². The number of rotatable bonds is 8. The number of fused-ring (bicyclic) bond motifs is 1. The number of hydrogen-bond donors (Lipinski definition) is 2. The van der Waals surface area contributed by atoms with Crippen LogP contribution in [0.1, 0.15) is 6.42 Å². The summed E-state index contributed by atoms with van der Waals surface area (Å²) in [4.78, 5) is 24.9. The molecule has 0 bridgehead atoms. The van der Waals surface area contributed by atoms with Crippen LogP contribution >= 0.6 is 11.6 Å². The van der Waals surface area contributed by atoms with Crippen LogP contribution in [0.15, 0.2) is 59.5 Å². The van der Waals surface area contributed by atoms with Gasteiger partial charge in [0.15, 0.2) is 11.5 Å². The van der Waals surface area contributed by atoms with Crippen LogP contribution in [0, 0.1) is 0 Å². The van der Waals surface area contributed by atoms with Gasteiger partial charge in [0.1, 0.15) is 23.1 Å². The Labute approximate surface area is 212 Å². The minimum atomic E-state index is 0.0174. The van der Waals surface area contributed by atoms with Gasteiger partial charge in [0.25, 0.3) is 0 Å². The number of pyridine rings is 1. The molecule has 3 aromatic heterocycles. The number of carbonyl (C=O) groups excluding carboxylic acids is 1. The van der Waals surface area contributed by atoms with E-state index in [2.05, 4.69) is 25.5 Å². The minimum absolute atomic E-state index is 0.0174. The third-order valence-corrected chi connectivity index (χ3v) is 6.14. The number of aromatic amines is 1. The van der Waals surface area contributed by atoms with E-state index in [0.717, 1.165) is 18.4 Å². The topological polar surface area (TPSA) is 112 Å². The molecule has 1 amide bonds. The van der Waals surface area contributed by atoms with Crippen LogP contribution < -0.4 is 10.1 Å². The molecular weight excluding hydrogens is 482 g/mol. The van der Waals surface area contributed by atoms with Crippen LogP contribution in [-0.2, 0) is 4.79 Å². The highest BCUT2D eigenvalue weighted by Gasteiger charge is 2.26. The Morgan fingerprint density at radius 3 is 3.00 bits per heavy atom. The van der Waals surface area contributed by atoms with Gasteiger partial charge in [-0.3, -0.25) is 9.89 Å². The van der Waals surface area contributed by atoms with Gasteiger partial charge in [0, 0.05) is 50.1 Å². The number of nitrogens with one attached hydrogen (secondary N) is 2. The van der Waals surface area contributed by atoms with Crippen molar-refractivity contribution in [3.63, 3.8) is 0 Å². The van der Waals surface area contributed by atoms with Gasteiger partial charge < -0.3 is 24.3 Å². The largest absolute Gasteiger partial charge is 0.456 e. The zero-order chi connectivity index (χ0) is 25.1. The quantitative estimate of drug-likeness (QED) is 0.341. The van der Waals surface area contributed by atoms with E-state index < -0.39 is 0 Å². The van der Waals surface area contributed by atoms with Crippen molar-refractivity contribution >= 4 is 34.4 Å². The number of likely N-dealkylation sites (N-methyl/N-ethyl adjacent to an activating group) is 1. The van der Waals surface area contributed by atoms with E-state index in [0.29, 0.717) is 52.5 Å². The van der Waals surface area contributed by atoms with Crippen LogP contribution in [0.25, 0.3) is 22.5 Å². The van der Waals surface area contributed by atoms with E-state index >= 15 is 0 Å². The second kappa shape index (κ2) is 10.4. The molecular formula is C25H26ClN7O3. The Morgan fingerprint density at radius 2 is 2.22 bits per heavy atom. The maximum atomic E-state index is 12.5. The molecule has 1 fully saturated rings. The van der Waals surface area contributed by atoms with Gasteiger partial charge in [-0.15, -0.1) is 0 Å². The van der Waals surface area contributed by atoms with Gasteiger partial charge in [0.05, 0.1) is 16.8 Å². The molecule has 0 spiro atoms. The van der Waals surface area contributed by atoms with Gasteiger partial charge in [-0.05, 0) is 32.6 Å². The Kier molecular flexibility index (Phi) is 6.88. The molecule has 4 heterocycles. The number of aromatic nitrogens is 4. The summed E-state index contributed by atoms with van der Waals surface area (Å²) in [6, 6.07) is 7.15. The number of ether oxygens (including phenoxy) is 1. The molecule has 5 rings (SSSR count). The van der Waals surface area contributed by atoms with E-state index in [1.54, 1.807) is 42.7 Å². The fourth-order valence-electron chi connectivity index (χ4n) is 4.07. The van der Waals surface area contributed by atoms with Gasteiger partial charge in [-0.1, -0.05) is 17.7 Å². The van der Waals surface area contributed by atoms with Gasteiger partial charge in [-0.25, -0.2) is 9.97 Å². The number of hydrogen-bond acceptors (Lipinski definition) is 8. The van der Waals surface area contributed by atoms with Crippen LogP contribution in [0.2, 0.25) is 5.02 Å². The summed E-state index contributed by atoms with van der Waals surface area (Å²) in [7, 11) is 3.93. The highest BCUT2D eigenvalue weighted by atomic mass is 35.5. The molecule has 1 aliphatic rings. The Hall–Kier alpha value is -3.89. The second-order valence-electron chi connectivity index (χ2n) is 8.76. The smallest absolute Gasteiger partial charge is 0.246 e. The molecule has 0 radical (unpaired) electrons. The number of benzene rings is 1. The molecule has 1 atom stereocenters. The zero-order valence-corrected chi connectivity index (χ0v) is 20.7. The summed E-state index contributed by atoms with van der Waals surface area (Å²) in [6.07, 6.45) is 9.05. The van der Waals surface area contributed by atoms with Crippen molar-refractivity contribution in [2.75, 3.05) is 39.0 Å². The van der Waals surface area contributed by atoms with E-state index in [4.69, 9.17) is 20.8 Å². The molecule has 11 heteroatoms. The first-order valence-corrected chi connectivity index (χ1v) is 11.9. The molecule has 36 heavy (non-hydrogen) atoms. The van der Waals surface area contributed by atoms with Crippen LogP contribution in [0.4, 0.5) is 5.82 Å². The van der Waals surface area contributed by atoms with E-state index in [1.807, 2.05) is 30.0 Å². The predicted molar refractivity (Wildman–Crippen MR) is 137 cm³/mol. The molecule has 1 unspecified atom stereocenters. The lowest BCUT2D eigenvalue weighted by Gasteiger charge is -2.16. The average Bonchev–Trinajstić information content (AvgIpc) is 3.61. The molecule has 1 aromatic carbocycles. The predicted octanol–water partition coefficient (Wildman–Crippen LogP) is 4.19. The third-order valence-electron chi connectivity index (χ3n) is 5.83. The Morgan fingerprint density at radius 1 is 1.33 bits per heavy atom. The molecule has 186 valence electrons. The fourth-order valence-corrected chi connectivity index (χ4v) is 4.32. The van der Waals surface area contributed by atoms with E-state index in [1.165, 1.54) is 6.26 Å². The van der Waals surface area contributed by atoms with E-state index in [9.17, 15) is 4.79 Å². The third kappa shape index (κ3) is 5.19. The molecule has 4 aromatic rings. The summed E-state index contributed by atoms with van der Waals surface area (Å²) in [5, 5.41) is 12.0. The first-order chi connectivity index (χ1) is 17.5.